The van der Waals surface area contributed by atoms with E-state index in [9.17, 15) is 9.18 Å². The number of anilines is 1. The zero-order valence-corrected chi connectivity index (χ0v) is 14.1. The van der Waals surface area contributed by atoms with Gasteiger partial charge < -0.3 is 5.32 Å². The number of aryl methyl sites for hydroxylation is 2. The number of carbonyl (C=O) groups excluding carboxylic acids is 1. The molecule has 0 heterocycles. The van der Waals surface area contributed by atoms with E-state index < -0.39 is 5.82 Å². The lowest BCUT2D eigenvalue weighted by molar-refractivity contribution is 0.102. The van der Waals surface area contributed by atoms with Crippen LogP contribution < -0.4 is 5.32 Å². The lowest BCUT2D eigenvalue weighted by atomic mass is 10.1. The van der Waals surface area contributed by atoms with Gasteiger partial charge in [0.1, 0.15) is 5.82 Å². The normalized spacial score (nSPS) is 10.4. The Bertz CT molecular complexity index is 663. The Labute approximate surface area is 133 Å². The lowest BCUT2D eigenvalue weighted by Crippen LogP contribution is -2.12. The maximum absolute atomic E-state index is 13.4. The van der Waals surface area contributed by atoms with Crippen molar-refractivity contribution in [3.8, 4) is 0 Å². The van der Waals surface area contributed by atoms with Gasteiger partial charge in [0.15, 0.2) is 0 Å². The molecule has 0 bridgehead atoms. The second-order valence-electron chi connectivity index (χ2n) is 4.51. The number of carbonyl (C=O) groups is 1. The zero-order chi connectivity index (χ0) is 14.9. The first kappa shape index (κ1) is 15.2. The number of benzene rings is 2. The molecule has 2 rings (SSSR count). The van der Waals surface area contributed by atoms with E-state index in [1.807, 2.05) is 26.0 Å². The van der Waals surface area contributed by atoms with E-state index in [1.165, 1.54) is 12.1 Å². The zero-order valence-electron chi connectivity index (χ0n) is 10.9. The second kappa shape index (κ2) is 6.06. The van der Waals surface area contributed by atoms with Gasteiger partial charge in [-0.25, -0.2) is 4.39 Å². The van der Waals surface area contributed by atoms with Crippen LogP contribution in [-0.4, -0.2) is 5.91 Å². The third kappa shape index (κ3) is 3.27. The number of rotatable bonds is 2. The Hall–Kier alpha value is -1.20. The van der Waals surface area contributed by atoms with Crippen LogP contribution in [0.25, 0.3) is 0 Å². The van der Waals surface area contributed by atoms with Gasteiger partial charge in [0.05, 0.1) is 4.47 Å². The molecule has 0 aliphatic heterocycles. The summed E-state index contributed by atoms with van der Waals surface area (Å²) in [6.07, 6.45) is 0. The first-order chi connectivity index (χ1) is 9.38. The minimum Gasteiger partial charge on any atom is -0.322 e. The van der Waals surface area contributed by atoms with Gasteiger partial charge in [0.2, 0.25) is 0 Å². The summed E-state index contributed by atoms with van der Waals surface area (Å²) in [6, 6.07) is 8.02. The third-order valence-corrected chi connectivity index (χ3v) is 4.77. The molecule has 0 unspecified atom stereocenters. The molecule has 2 aromatic carbocycles. The number of amides is 1. The molecule has 2 aromatic rings. The fourth-order valence-electron chi connectivity index (χ4n) is 1.86. The average molecular weight is 401 g/mol. The van der Waals surface area contributed by atoms with Crippen LogP contribution >= 0.6 is 31.9 Å². The fourth-order valence-corrected chi connectivity index (χ4v) is 2.33. The number of hydrogen-bond acceptors (Lipinski definition) is 1. The first-order valence-corrected chi connectivity index (χ1v) is 7.50. The van der Waals surface area contributed by atoms with E-state index in [1.54, 1.807) is 6.07 Å². The van der Waals surface area contributed by atoms with E-state index >= 15 is 0 Å². The van der Waals surface area contributed by atoms with Gasteiger partial charge >= 0.3 is 0 Å². The summed E-state index contributed by atoms with van der Waals surface area (Å²) in [4.78, 5) is 12.1. The SMILES string of the molecule is Cc1cc(NC(=O)c2ccc(Br)c(F)c2)cc(C)c1Br. The van der Waals surface area contributed by atoms with Gasteiger partial charge in [-0.15, -0.1) is 0 Å². The fraction of sp³-hybridized carbons (Fsp3) is 0.133. The van der Waals surface area contributed by atoms with Crippen molar-refractivity contribution < 1.29 is 9.18 Å². The van der Waals surface area contributed by atoms with Gasteiger partial charge in [-0.05, 0) is 71.2 Å². The third-order valence-electron chi connectivity index (χ3n) is 2.88. The summed E-state index contributed by atoms with van der Waals surface area (Å²) in [5.41, 5.74) is 3.03. The molecule has 0 saturated heterocycles. The van der Waals surface area contributed by atoms with Crippen LogP contribution in [0.2, 0.25) is 0 Å². The topological polar surface area (TPSA) is 29.1 Å². The van der Waals surface area contributed by atoms with Crippen molar-refractivity contribution >= 4 is 43.5 Å². The molecule has 0 saturated carbocycles. The Morgan fingerprint density at radius 3 is 2.25 bits per heavy atom. The molecule has 0 aromatic heterocycles. The number of nitrogens with one attached hydrogen (secondary N) is 1. The van der Waals surface area contributed by atoms with Crippen molar-refractivity contribution in [1.29, 1.82) is 0 Å². The molecule has 5 heteroatoms. The Morgan fingerprint density at radius 2 is 1.70 bits per heavy atom. The summed E-state index contributed by atoms with van der Waals surface area (Å²) in [5, 5.41) is 2.77. The molecule has 2 nitrogen and oxygen atoms in total. The van der Waals surface area contributed by atoms with Gasteiger partial charge in [-0.2, -0.15) is 0 Å². The summed E-state index contributed by atoms with van der Waals surface area (Å²) in [6.45, 7) is 3.90. The monoisotopic (exact) mass is 399 g/mol. The lowest BCUT2D eigenvalue weighted by Gasteiger charge is -2.10. The predicted octanol–water partition coefficient (Wildman–Crippen LogP) is 5.22. The summed E-state index contributed by atoms with van der Waals surface area (Å²) < 4.78 is 14.8. The highest BCUT2D eigenvalue weighted by molar-refractivity contribution is 9.10. The van der Waals surface area contributed by atoms with Gasteiger partial charge in [0, 0.05) is 15.7 Å². The van der Waals surface area contributed by atoms with Gasteiger partial charge in [-0.1, -0.05) is 15.9 Å². The van der Waals surface area contributed by atoms with E-state index in [4.69, 9.17) is 0 Å². The van der Waals surface area contributed by atoms with Crippen LogP contribution in [0.4, 0.5) is 10.1 Å². The largest absolute Gasteiger partial charge is 0.322 e. The van der Waals surface area contributed by atoms with Crippen molar-refractivity contribution in [3.05, 3.63) is 61.8 Å². The standard InChI is InChI=1S/C15H12Br2FNO/c1-8-5-11(6-9(2)14(8)17)19-15(20)10-3-4-12(16)13(18)7-10/h3-7H,1-2H3,(H,19,20). The van der Waals surface area contributed by atoms with Crippen molar-refractivity contribution in [2.45, 2.75) is 13.8 Å². The molecule has 0 spiro atoms. The van der Waals surface area contributed by atoms with Crippen LogP contribution in [-0.2, 0) is 0 Å². The summed E-state index contributed by atoms with van der Waals surface area (Å²) in [5.74, 6) is -0.793. The van der Waals surface area contributed by atoms with Crippen LogP contribution in [0.5, 0.6) is 0 Å². The maximum Gasteiger partial charge on any atom is 0.255 e. The molecule has 20 heavy (non-hydrogen) atoms. The molecule has 0 aliphatic rings. The summed E-state index contributed by atoms with van der Waals surface area (Å²) >= 11 is 6.53. The Kier molecular flexibility index (Phi) is 4.60. The van der Waals surface area contributed by atoms with Gasteiger partial charge in [-0.3, -0.25) is 4.79 Å². The van der Waals surface area contributed by atoms with Crippen LogP contribution in [0.1, 0.15) is 21.5 Å². The average Bonchev–Trinajstić information content (AvgIpc) is 2.39. The Morgan fingerprint density at radius 1 is 1.10 bits per heavy atom. The van der Waals surface area contributed by atoms with E-state index in [2.05, 4.69) is 37.2 Å². The molecule has 1 amide bonds. The van der Waals surface area contributed by atoms with Crippen molar-refractivity contribution in [2.75, 3.05) is 5.32 Å². The molecule has 0 aliphatic carbocycles. The molecule has 0 atom stereocenters. The highest BCUT2D eigenvalue weighted by atomic mass is 79.9. The molecule has 0 radical (unpaired) electrons. The number of halogens is 3. The van der Waals surface area contributed by atoms with Crippen LogP contribution in [0.15, 0.2) is 39.3 Å². The van der Waals surface area contributed by atoms with Crippen molar-refractivity contribution in [1.82, 2.24) is 0 Å². The molecule has 104 valence electrons. The second-order valence-corrected chi connectivity index (χ2v) is 6.15. The first-order valence-electron chi connectivity index (χ1n) is 5.91. The molecule has 1 N–H and O–H groups in total. The maximum atomic E-state index is 13.4. The van der Waals surface area contributed by atoms with Crippen LogP contribution in [0, 0.1) is 19.7 Å². The smallest absolute Gasteiger partial charge is 0.255 e. The molecular weight excluding hydrogens is 389 g/mol. The van der Waals surface area contributed by atoms with Crippen molar-refractivity contribution in [2.24, 2.45) is 0 Å². The minimum atomic E-state index is -0.458. The van der Waals surface area contributed by atoms with E-state index in [0.29, 0.717) is 10.2 Å². The number of hydrogen-bond donors (Lipinski definition) is 1. The Balaban J connectivity index is 2.25. The quantitative estimate of drug-likeness (QED) is 0.735. The summed E-state index contributed by atoms with van der Waals surface area (Å²) in [7, 11) is 0. The van der Waals surface area contributed by atoms with Crippen LogP contribution in [0.3, 0.4) is 0 Å². The predicted molar refractivity (Wildman–Crippen MR) is 85.7 cm³/mol. The molecule has 0 fully saturated rings. The van der Waals surface area contributed by atoms with E-state index in [-0.39, 0.29) is 11.5 Å². The minimum absolute atomic E-state index is 0.281. The molecular formula is C15H12Br2FNO. The van der Waals surface area contributed by atoms with E-state index in [0.717, 1.165) is 15.6 Å². The highest BCUT2D eigenvalue weighted by Crippen LogP contribution is 2.25. The highest BCUT2D eigenvalue weighted by Gasteiger charge is 2.10. The van der Waals surface area contributed by atoms with Gasteiger partial charge in [0.25, 0.3) is 5.91 Å². The van der Waals surface area contributed by atoms with Crippen molar-refractivity contribution in [3.63, 3.8) is 0 Å².